The molecule has 1 heterocycles. The topological polar surface area (TPSA) is 72.9 Å². The molecule has 0 radical (unpaired) electrons. The third-order valence-electron chi connectivity index (χ3n) is 4.85. The zero-order valence-electron chi connectivity index (χ0n) is 16.0. The summed E-state index contributed by atoms with van der Waals surface area (Å²) in [4.78, 5) is 27.9. The monoisotopic (exact) mass is 379 g/mol. The second-order valence-electron chi connectivity index (χ2n) is 6.99. The smallest absolute Gasteiger partial charge is 0.267 e. The molecule has 0 atom stereocenters. The van der Waals surface area contributed by atoms with Gasteiger partial charge in [-0.25, -0.2) is 5.48 Å². The molecule has 0 unspecified atom stereocenters. The average molecular weight is 379 g/mol. The molecule has 1 fully saturated rings. The number of aryl methyl sites for hydroxylation is 1. The maximum Gasteiger partial charge on any atom is 0.267 e. The lowest BCUT2D eigenvalue weighted by Crippen LogP contribution is -2.48. The summed E-state index contributed by atoms with van der Waals surface area (Å²) in [6.45, 7) is 5.96. The lowest BCUT2D eigenvalue weighted by molar-refractivity contribution is -0.124. The van der Waals surface area contributed by atoms with E-state index in [-0.39, 0.29) is 5.91 Å². The maximum absolute atomic E-state index is 12.6. The molecule has 0 aromatic heterocycles. The SMILES string of the molecule is Cc1cccc(C(=O)N2CCN(Cc3ccc(/C=C/C(=O)NO)cc3)CC2)c1. The number of amides is 2. The van der Waals surface area contributed by atoms with E-state index in [1.165, 1.54) is 11.6 Å². The van der Waals surface area contributed by atoms with Crippen LogP contribution in [0.2, 0.25) is 0 Å². The largest absolute Gasteiger partial charge is 0.336 e. The molecule has 1 aliphatic heterocycles. The minimum absolute atomic E-state index is 0.103. The van der Waals surface area contributed by atoms with Crippen LogP contribution in [0.1, 0.15) is 27.0 Å². The number of hydrogen-bond donors (Lipinski definition) is 2. The standard InChI is InChI=1S/C22H25N3O3/c1-17-3-2-4-20(15-17)22(27)25-13-11-24(12-14-25)16-19-7-5-18(6-8-19)9-10-21(26)23-28/h2-10,15,28H,11-14,16H2,1H3,(H,23,26)/b10-9+. The number of carbonyl (C=O) groups excluding carboxylic acids is 2. The summed E-state index contributed by atoms with van der Waals surface area (Å²) in [7, 11) is 0. The summed E-state index contributed by atoms with van der Waals surface area (Å²) in [5.41, 5.74) is 5.49. The number of hydrogen-bond acceptors (Lipinski definition) is 4. The molecule has 146 valence electrons. The summed E-state index contributed by atoms with van der Waals surface area (Å²) >= 11 is 0. The van der Waals surface area contributed by atoms with Gasteiger partial charge < -0.3 is 4.90 Å². The number of piperazine rings is 1. The molecular formula is C22H25N3O3. The van der Waals surface area contributed by atoms with Gasteiger partial charge in [-0.2, -0.15) is 0 Å². The minimum atomic E-state index is -0.554. The molecular weight excluding hydrogens is 354 g/mol. The molecule has 0 aliphatic carbocycles. The van der Waals surface area contributed by atoms with E-state index in [1.54, 1.807) is 11.6 Å². The van der Waals surface area contributed by atoms with Crippen LogP contribution in [0.4, 0.5) is 0 Å². The van der Waals surface area contributed by atoms with Crippen LogP contribution in [-0.4, -0.2) is 53.0 Å². The predicted octanol–water partition coefficient (Wildman–Crippen LogP) is 2.47. The minimum Gasteiger partial charge on any atom is -0.336 e. The molecule has 2 aromatic carbocycles. The van der Waals surface area contributed by atoms with Crippen molar-refractivity contribution in [2.45, 2.75) is 13.5 Å². The third kappa shape index (κ3) is 5.28. The average Bonchev–Trinajstić information content (AvgIpc) is 2.73. The Balaban J connectivity index is 1.51. The van der Waals surface area contributed by atoms with E-state index < -0.39 is 5.91 Å². The Morgan fingerprint density at radius 1 is 1.07 bits per heavy atom. The van der Waals surface area contributed by atoms with Gasteiger partial charge in [-0.05, 0) is 36.3 Å². The van der Waals surface area contributed by atoms with Gasteiger partial charge in [0.05, 0.1) is 0 Å². The molecule has 0 bridgehead atoms. The predicted molar refractivity (Wildman–Crippen MR) is 108 cm³/mol. The molecule has 28 heavy (non-hydrogen) atoms. The first-order valence-electron chi connectivity index (χ1n) is 9.34. The van der Waals surface area contributed by atoms with Crippen molar-refractivity contribution in [1.82, 2.24) is 15.3 Å². The van der Waals surface area contributed by atoms with E-state index in [2.05, 4.69) is 4.90 Å². The number of benzene rings is 2. The van der Waals surface area contributed by atoms with Gasteiger partial charge in [-0.3, -0.25) is 19.7 Å². The van der Waals surface area contributed by atoms with Crippen LogP contribution in [0.3, 0.4) is 0 Å². The van der Waals surface area contributed by atoms with Crippen molar-refractivity contribution in [1.29, 1.82) is 0 Å². The molecule has 0 spiro atoms. The van der Waals surface area contributed by atoms with Crippen molar-refractivity contribution < 1.29 is 14.8 Å². The van der Waals surface area contributed by atoms with Crippen molar-refractivity contribution in [3.8, 4) is 0 Å². The van der Waals surface area contributed by atoms with Crippen LogP contribution < -0.4 is 5.48 Å². The van der Waals surface area contributed by atoms with Gasteiger partial charge in [0, 0.05) is 44.4 Å². The fourth-order valence-electron chi connectivity index (χ4n) is 3.27. The van der Waals surface area contributed by atoms with Crippen LogP contribution in [0, 0.1) is 6.92 Å². The quantitative estimate of drug-likeness (QED) is 0.476. The highest BCUT2D eigenvalue weighted by Crippen LogP contribution is 2.14. The highest BCUT2D eigenvalue weighted by atomic mass is 16.5. The number of nitrogens with zero attached hydrogens (tertiary/aromatic N) is 2. The molecule has 3 rings (SSSR count). The van der Waals surface area contributed by atoms with E-state index in [9.17, 15) is 9.59 Å². The zero-order chi connectivity index (χ0) is 19.9. The number of hydroxylamine groups is 1. The molecule has 2 amide bonds. The number of nitrogens with one attached hydrogen (secondary N) is 1. The Hall–Kier alpha value is -2.96. The highest BCUT2D eigenvalue weighted by molar-refractivity contribution is 5.94. The van der Waals surface area contributed by atoms with Crippen molar-refractivity contribution in [3.63, 3.8) is 0 Å². The highest BCUT2D eigenvalue weighted by Gasteiger charge is 2.22. The summed E-state index contributed by atoms with van der Waals surface area (Å²) in [5, 5.41) is 8.49. The molecule has 1 aliphatic rings. The van der Waals surface area contributed by atoms with Gasteiger partial charge in [-0.15, -0.1) is 0 Å². The second-order valence-corrected chi connectivity index (χ2v) is 6.99. The fourth-order valence-corrected chi connectivity index (χ4v) is 3.27. The Morgan fingerprint density at radius 3 is 2.43 bits per heavy atom. The molecule has 6 nitrogen and oxygen atoms in total. The van der Waals surface area contributed by atoms with Gasteiger partial charge >= 0.3 is 0 Å². The Kier molecular flexibility index (Phi) is 6.57. The van der Waals surface area contributed by atoms with Crippen molar-refractivity contribution in [3.05, 3.63) is 76.9 Å². The van der Waals surface area contributed by atoms with E-state index in [1.807, 2.05) is 60.4 Å². The normalized spacial score (nSPS) is 15.0. The number of rotatable bonds is 5. The van der Waals surface area contributed by atoms with E-state index in [0.29, 0.717) is 0 Å². The molecule has 0 saturated carbocycles. The van der Waals surface area contributed by atoms with Gasteiger partial charge in [0.25, 0.3) is 11.8 Å². The summed E-state index contributed by atoms with van der Waals surface area (Å²) < 4.78 is 0. The lowest BCUT2D eigenvalue weighted by Gasteiger charge is -2.34. The first-order chi connectivity index (χ1) is 13.5. The Morgan fingerprint density at radius 2 is 1.79 bits per heavy atom. The van der Waals surface area contributed by atoms with Crippen molar-refractivity contribution in [2.75, 3.05) is 26.2 Å². The first-order valence-corrected chi connectivity index (χ1v) is 9.34. The second kappa shape index (κ2) is 9.30. The molecule has 2 N–H and O–H groups in total. The van der Waals surface area contributed by atoms with Gasteiger partial charge in [0.1, 0.15) is 0 Å². The Bertz CT molecular complexity index is 854. The molecule has 2 aromatic rings. The molecule has 6 heteroatoms. The lowest BCUT2D eigenvalue weighted by atomic mass is 10.1. The van der Waals surface area contributed by atoms with Crippen LogP contribution in [0.15, 0.2) is 54.6 Å². The zero-order valence-corrected chi connectivity index (χ0v) is 16.0. The van der Waals surface area contributed by atoms with Gasteiger partial charge in [-0.1, -0.05) is 42.0 Å². The van der Waals surface area contributed by atoms with Crippen molar-refractivity contribution >= 4 is 17.9 Å². The van der Waals surface area contributed by atoms with Crippen LogP contribution in [0.5, 0.6) is 0 Å². The first kappa shape index (κ1) is 19.8. The summed E-state index contributed by atoms with van der Waals surface area (Å²) in [6.07, 6.45) is 2.92. The maximum atomic E-state index is 12.6. The van der Waals surface area contributed by atoms with E-state index in [0.717, 1.165) is 49.4 Å². The van der Waals surface area contributed by atoms with Crippen molar-refractivity contribution in [2.24, 2.45) is 0 Å². The van der Waals surface area contributed by atoms with E-state index in [4.69, 9.17) is 5.21 Å². The van der Waals surface area contributed by atoms with Gasteiger partial charge in [0.15, 0.2) is 0 Å². The van der Waals surface area contributed by atoms with Crippen LogP contribution >= 0.6 is 0 Å². The molecule has 1 saturated heterocycles. The van der Waals surface area contributed by atoms with Crippen LogP contribution in [-0.2, 0) is 11.3 Å². The van der Waals surface area contributed by atoms with Crippen LogP contribution in [0.25, 0.3) is 6.08 Å². The Labute approximate surface area is 165 Å². The van der Waals surface area contributed by atoms with E-state index >= 15 is 0 Å². The van der Waals surface area contributed by atoms with Gasteiger partial charge in [0.2, 0.25) is 0 Å². The number of carbonyl (C=O) groups is 2. The third-order valence-corrected chi connectivity index (χ3v) is 4.85. The summed E-state index contributed by atoms with van der Waals surface area (Å²) in [6, 6.07) is 15.7. The summed E-state index contributed by atoms with van der Waals surface area (Å²) in [5.74, 6) is -0.450. The fraction of sp³-hybridized carbons (Fsp3) is 0.273.